The summed E-state index contributed by atoms with van der Waals surface area (Å²) in [7, 11) is 1.99. The smallest absolute Gasteiger partial charge is 0.236 e. The third-order valence-corrected chi connectivity index (χ3v) is 4.91. The number of carbonyl (C=O) groups excluding carboxylic acids is 1. The Morgan fingerprint density at radius 3 is 2.48 bits per heavy atom. The SMILES string of the molecule is CN(CC(=O)N1CCN(c2ccccn2)CC1)Cc1ccc(Br)cc1. The van der Waals surface area contributed by atoms with Gasteiger partial charge in [-0.15, -0.1) is 0 Å². The highest BCUT2D eigenvalue weighted by Gasteiger charge is 2.22. The second-order valence-electron chi connectivity index (χ2n) is 6.35. The lowest BCUT2D eigenvalue weighted by molar-refractivity contribution is -0.132. The standard InChI is InChI=1S/C19H23BrN4O/c1-22(14-16-5-7-17(20)8-6-16)15-19(25)24-12-10-23(11-13-24)18-4-2-3-9-21-18/h2-9H,10-15H2,1H3. The van der Waals surface area contributed by atoms with E-state index in [0.29, 0.717) is 6.54 Å². The predicted molar refractivity (Wildman–Crippen MR) is 104 cm³/mol. The van der Waals surface area contributed by atoms with Crippen LogP contribution in [0.2, 0.25) is 0 Å². The fourth-order valence-electron chi connectivity index (χ4n) is 3.01. The zero-order valence-corrected chi connectivity index (χ0v) is 16.0. The third kappa shape index (κ3) is 5.03. The predicted octanol–water partition coefficient (Wildman–Crippen LogP) is 2.62. The molecule has 1 aromatic carbocycles. The van der Waals surface area contributed by atoms with Crippen LogP contribution in [0.15, 0.2) is 53.1 Å². The molecule has 1 aliphatic rings. The number of likely N-dealkylation sites (N-methyl/N-ethyl adjacent to an activating group) is 1. The molecule has 0 N–H and O–H groups in total. The Kier molecular flexibility index (Phi) is 6.04. The molecular weight excluding hydrogens is 380 g/mol. The van der Waals surface area contributed by atoms with Gasteiger partial charge in [-0.2, -0.15) is 0 Å². The van der Waals surface area contributed by atoms with Crippen LogP contribution >= 0.6 is 15.9 Å². The first kappa shape index (κ1) is 17.9. The first-order valence-electron chi connectivity index (χ1n) is 8.48. The first-order valence-corrected chi connectivity index (χ1v) is 9.28. The summed E-state index contributed by atoms with van der Waals surface area (Å²) in [6.45, 7) is 4.38. The van der Waals surface area contributed by atoms with Crippen molar-refractivity contribution in [3.8, 4) is 0 Å². The summed E-state index contributed by atoms with van der Waals surface area (Å²) in [6.07, 6.45) is 1.81. The second kappa shape index (κ2) is 8.45. The van der Waals surface area contributed by atoms with E-state index in [9.17, 15) is 4.79 Å². The number of carbonyl (C=O) groups is 1. The molecular formula is C19H23BrN4O. The maximum Gasteiger partial charge on any atom is 0.236 e. The zero-order chi connectivity index (χ0) is 17.6. The van der Waals surface area contributed by atoms with Crippen LogP contribution in [0.1, 0.15) is 5.56 Å². The van der Waals surface area contributed by atoms with Gasteiger partial charge in [-0.05, 0) is 36.9 Å². The number of benzene rings is 1. The van der Waals surface area contributed by atoms with Crippen molar-refractivity contribution in [1.29, 1.82) is 0 Å². The quantitative estimate of drug-likeness (QED) is 0.770. The van der Waals surface area contributed by atoms with E-state index in [1.807, 2.05) is 48.5 Å². The summed E-state index contributed by atoms with van der Waals surface area (Å²) in [5.41, 5.74) is 1.21. The van der Waals surface area contributed by atoms with E-state index < -0.39 is 0 Å². The summed E-state index contributed by atoms with van der Waals surface area (Å²) in [6, 6.07) is 14.2. The van der Waals surface area contributed by atoms with E-state index in [2.05, 4.69) is 42.8 Å². The normalized spacial score (nSPS) is 14.8. The molecule has 0 saturated carbocycles. The van der Waals surface area contributed by atoms with Gasteiger partial charge < -0.3 is 9.80 Å². The molecule has 3 rings (SSSR count). The lowest BCUT2D eigenvalue weighted by atomic mass is 10.2. The van der Waals surface area contributed by atoms with Gasteiger partial charge in [0.05, 0.1) is 6.54 Å². The van der Waals surface area contributed by atoms with Crippen LogP contribution in [0.5, 0.6) is 0 Å². The van der Waals surface area contributed by atoms with Gasteiger partial charge in [-0.3, -0.25) is 9.69 Å². The van der Waals surface area contributed by atoms with E-state index in [-0.39, 0.29) is 5.91 Å². The van der Waals surface area contributed by atoms with Crippen molar-refractivity contribution < 1.29 is 4.79 Å². The van der Waals surface area contributed by atoms with Crippen LogP contribution in [0, 0.1) is 0 Å². The van der Waals surface area contributed by atoms with E-state index in [1.165, 1.54) is 5.56 Å². The summed E-state index contributed by atoms with van der Waals surface area (Å²) >= 11 is 3.44. The minimum absolute atomic E-state index is 0.195. The molecule has 0 spiro atoms. The Balaban J connectivity index is 1.46. The molecule has 0 aliphatic carbocycles. The number of hydrogen-bond donors (Lipinski definition) is 0. The first-order chi connectivity index (χ1) is 12.1. The molecule has 1 saturated heterocycles. The molecule has 2 heterocycles. The average molecular weight is 403 g/mol. The number of pyridine rings is 1. The molecule has 0 atom stereocenters. The lowest BCUT2D eigenvalue weighted by Gasteiger charge is -2.36. The van der Waals surface area contributed by atoms with Crippen LogP contribution in [0.3, 0.4) is 0 Å². The molecule has 1 aliphatic heterocycles. The highest BCUT2D eigenvalue weighted by molar-refractivity contribution is 9.10. The molecule has 6 heteroatoms. The second-order valence-corrected chi connectivity index (χ2v) is 7.27. The fourth-order valence-corrected chi connectivity index (χ4v) is 3.28. The maximum absolute atomic E-state index is 12.5. The molecule has 1 amide bonds. The molecule has 1 aromatic heterocycles. The van der Waals surface area contributed by atoms with Gasteiger partial charge in [-0.1, -0.05) is 34.1 Å². The van der Waals surface area contributed by atoms with Gasteiger partial charge >= 0.3 is 0 Å². The minimum Gasteiger partial charge on any atom is -0.353 e. The third-order valence-electron chi connectivity index (χ3n) is 4.38. The Hall–Kier alpha value is -1.92. The summed E-state index contributed by atoms with van der Waals surface area (Å²) in [5, 5.41) is 0. The molecule has 2 aromatic rings. The summed E-state index contributed by atoms with van der Waals surface area (Å²) in [5.74, 6) is 1.18. The largest absolute Gasteiger partial charge is 0.353 e. The van der Waals surface area contributed by atoms with Crippen LogP contribution in [-0.2, 0) is 11.3 Å². The molecule has 25 heavy (non-hydrogen) atoms. The number of piperazine rings is 1. The van der Waals surface area contributed by atoms with Gasteiger partial charge in [0.15, 0.2) is 0 Å². The van der Waals surface area contributed by atoms with E-state index in [1.54, 1.807) is 0 Å². The number of halogens is 1. The van der Waals surface area contributed by atoms with Crippen LogP contribution in [-0.4, -0.2) is 60.5 Å². The van der Waals surface area contributed by atoms with Gasteiger partial charge in [0, 0.05) is 43.4 Å². The van der Waals surface area contributed by atoms with E-state index in [0.717, 1.165) is 43.0 Å². The summed E-state index contributed by atoms with van der Waals surface area (Å²) < 4.78 is 1.07. The van der Waals surface area contributed by atoms with Crippen molar-refractivity contribution in [3.05, 3.63) is 58.7 Å². The van der Waals surface area contributed by atoms with Crippen molar-refractivity contribution in [2.75, 3.05) is 44.7 Å². The highest BCUT2D eigenvalue weighted by atomic mass is 79.9. The lowest BCUT2D eigenvalue weighted by Crippen LogP contribution is -2.51. The van der Waals surface area contributed by atoms with Gasteiger partial charge in [0.25, 0.3) is 0 Å². The molecule has 0 bridgehead atoms. The molecule has 0 radical (unpaired) electrons. The van der Waals surface area contributed by atoms with Crippen molar-refractivity contribution in [1.82, 2.24) is 14.8 Å². The Morgan fingerprint density at radius 1 is 1.12 bits per heavy atom. The number of aromatic nitrogens is 1. The minimum atomic E-state index is 0.195. The average Bonchev–Trinajstić information content (AvgIpc) is 2.64. The number of hydrogen-bond acceptors (Lipinski definition) is 4. The van der Waals surface area contributed by atoms with E-state index >= 15 is 0 Å². The van der Waals surface area contributed by atoms with Crippen molar-refractivity contribution in [2.45, 2.75) is 6.54 Å². The van der Waals surface area contributed by atoms with Crippen LogP contribution in [0.25, 0.3) is 0 Å². The van der Waals surface area contributed by atoms with Crippen LogP contribution < -0.4 is 4.90 Å². The molecule has 1 fully saturated rings. The monoisotopic (exact) mass is 402 g/mol. The number of anilines is 1. The molecule has 0 unspecified atom stereocenters. The molecule has 132 valence electrons. The number of rotatable bonds is 5. The molecule has 5 nitrogen and oxygen atoms in total. The Morgan fingerprint density at radius 2 is 1.84 bits per heavy atom. The topological polar surface area (TPSA) is 39.7 Å². The zero-order valence-electron chi connectivity index (χ0n) is 14.4. The highest BCUT2D eigenvalue weighted by Crippen LogP contribution is 2.14. The van der Waals surface area contributed by atoms with Crippen LogP contribution in [0.4, 0.5) is 5.82 Å². The van der Waals surface area contributed by atoms with Gasteiger partial charge in [0.2, 0.25) is 5.91 Å². The van der Waals surface area contributed by atoms with Crippen molar-refractivity contribution >= 4 is 27.7 Å². The number of nitrogens with zero attached hydrogens (tertiary/aromatic N) is 4. The fraction of sp³-hybridized carbons (Fsp3) is 0.368. The van der Waals surface area contributed by atoms with Crippen molar-refractivity contribution in [3.63, 3.8) is 0 Å². The van der Waals surface area contributed by atoms with Crippen molar-refractivity contribution in [2.24, 2.45) is 0 Å². The van der Waals surface area contributed by atoms with E-state index in [4.69, 9.17) is 0 Å². The van der Waals surface area contributed by atoms with Gasteiger partial charge in [-0.25, -0.2) is 4.98 Å². The number of amides is 1. The Bertz CT molecular complexity index is 684. The Labute approximate surface area is 157 Å². The summed E-state index contributed by atoms with van der Waals surface area (Å²) in [4.78, 5) is 23.2. The maximum atomic E-state index is 12.5. The van der Waals surface area contributed by atoms with Gasteiger partial charge in [0.1, 0.15) is 5.82 Å².